The molecule has 1 N–H and O–H groups in total. The number of para-hydroxylation sites is 1. The van der Waals surface area contributed by atoms with Crippen molar-refractivity contribution in [2.24, 2.45) is 11.3 Å². The fraction of sp³-hybridized carbons (Fsp3) is 0.480. The molecular weight excluding hydrogens is 471 g/mol. The van der Waals surface area contributed by atoms with E-state index in [2.05, 4.69) is 25.9 Å². The van der Waals surface area contributed by atoms with Crippen LogP contribution in [0.2, 0.25) is 0 Å². The highest BCUT2D eigenvalue weighted by molar-refractivity contribution is 7.52. The maximum Gasteiger partial charge on any atom is 0.513 e. The molecule has 0 saturated heterocycles. The molecule has 190 valence electrons. The minimum absolute atomic E-state index is 0.0865. The molecule has 0 radical (unpaired) electrons. The van der Waals surface area contributed by atoms with Crippen LogP contribution in [0.3, 0.4) is 0 Å². The van der Waals surface area contributed by atoms with E-state index in [-0.39, 0.29) is 28.7 Å². The van der Waals surface area contributed by atoms with Crippen LogP contribution in [-0.4, -0.2) is 23.0 Å². The summed E-state index contributed by atoms with van der Waals surface area (Å²) < 4.78 is 30.5. The lowest BCUT2D eigenvalue weighted by Crippen LogP contribution is -2.39. The molecule has 1 saturated carbocycles. The summed E-state index contributed by atoms with van der Waals surface area (Å²) in [6, 6.07) is 12.5. The zero-order chi connectivity index (χ0) is 25.6. The maximum atomic E-state index is 13.6. The number of nitro groups is 1. The van der Waals surface area contributed by atoms with Crippen molar-refractivity contribution < 1.29 is 28.1 Å². The Labute approximate surface area is 205 Å². The van der Waals surface area contributed by atoms with Crippen LogP contribution in [-0.2, 0) is 14.1 Å². The molecule has 1 aliphatic rings. The van der Waals surface area contributed by atoms with Gasteiger partial charge in [-0.05, 0) is 68.2 Å². The van der Waals surface area contributed by atoms with E-state index in [4.69, 9.17) is 13.8 Å². The average Bonchev–Trinajstić information content (AvgIpc) is 2.79. The van der Waals surface area contributed by atoms with E-state index < -0.39 is 24.7 Å². The van der Waals surface area contributed by atoms with Crippen molar-refractivity contribution in [3.8, 4) is 11.5 Å². The van der Waals surface area contributed by atoms with E-state index in [1.807, 2.05) is 0 Å². The van der Waals surface area contributed by atoms with E-state index in [0.29, 0.717) is 5.92 Å². The molecule has 0 bridgehead atoms. The van der Waals surface area contributed by atoms with Gasteiger partial charge in [-0.3, -0.25) is 14.9 Å². The van der Waals surface area contributed by atoms with Crippen molar-refractivity contribution >= 4 is 19.4 Å². The monoisotopic (exact) mass is 504 g/mol. The SMILES string of the molecule is C[C@H](NP(=O)(Oc1ccccc1)Oc1ccc([N+](=O)[O-])cc1)C(=O)O[C@H]1CC[C@H](C(C)(C)C)CC1. The Morgan fingerprint density at radius 1 is 1.00 bits per heavy atom. The molecule has 3 rings (SSSR count). The average molecular weight is 505 g/mol. The topological polar surface area (TPSA) is 117 Å². The molecule has 2 aromatic carbocycles. The lowest BCUT2D eigenvalue weighted by Gasteiger charge is -2.36. The summed E-state index contributed by atoms with van der Waals surface area (Å²) in [6.07, 6.45) is 3.37. The zero-order valence-electron chi connectivity index (χ0n) is 20.5. The van der Waals surface area contributed by atoms with Crippen molar-refractivity contribution in [3.05, 3.63) is 64.7 Å². The van der Waals surface area contributed by atoms with E-state index in [9.17, 15) is 19.5 Å². The van der Waals surface area contributed by atoms with Crippen LogP contribution in [0.5, 0.6) is 11.5 Å². The van der Waals surface area contributed by atoms with E-state index in [0.717, 1.165) is 25.7 Å². The van der Waals surface area contributed by atoms with Gasteiger partial charge in [0.2, 0.25) is 0 Å². The molecule has 1 unspecified atom stereocenters. The van der Waals surface area contributed by atoms with Crippen LogP contribution in [0, 0.1) is 21.4 Å². The van der Waals surface area contributed by atoms with Gasteiger partial charge in [-0.25, -0.2) is 4.57 Å². The number of ether oxygens (including phenoxy) is 1. The molecule has 9 nitrogen and oxygen atoms in total. The molecule has 0 heterocycles. The van der Waals surface area contributed by atoms with Gasteiger partial charge in [-0.2, -0.15) is 5.09 Å². The van der Waals surface area contributed by atoms with E-state index in [1.165, 1.54) is 31.2 Å². The number of non-ortho nitro benzene ring substituents is 1. The number of hydrogen-bond donors (Lipinski definition) is 1. The number of rotatable bonds is 9. The highest BCUT2D eigenvalue weighted by Gasteiger charge is 2.36. The second-order valence-corrected chi connectivity index (χ2v) is 11.5. The molecule has 1 fully saturated rings. The number of nitro benzene ring substituents is 1. The molecule has 35 heavy (non-hydrogen) atoms. The smallest absolute Gasteiger partial charge is 0.461 e. The van der Waals surface area contributed by atoms with Crippen LogP contribution in [0.1, 0.15) is 53.4 Å². The summed E-state index contributed by atoms with van der Waals surface area (Å²) in [7, 11) is -4.12. The summed E-state index contributed by atoms with van der Waals surface area (Å²) in [5.74, 6) is 0.394. The van der Waals surface area contributed by atoms with Crippen LogP contribution in [0.25, 0.3) is 0 Å². The molecule has 0 aliphatic heterocycles. The number of benzene rings is 2. The minimum atomic E-state index is -4.12. The normalized spacial score (nSPS) is 20.8. The Kier molecular flexibility index (Phi) is 8.56. The van der Waals surface area contributed by atoms with Crippen molar-refractivity contribution in [1.82, 2.24) is 5.09 Å². The van der Waals surface area contributed by atoms with Crippen LogP contribution in [0.15, 0.2) is 54.6 Å². The van der Waals surface area contributed by atoms with Crippen molar-refractivity contribution in [3.63, 3.8) is 0 Å². The first-order valence-electron chi connectivity index (χ1n) is 11.7. The van der Waals surface area contributed by atoms with Gasteiger partial charge in [0.1, 0.15) is 23.6 Å². The van der Waals surface area contributed by atoms with Crippen LogP contribution in [0.4, 0.5) is 5.69 Å². The standard InChI is InChI=1S/C25H33N2O7P/c1-18(24(28)32-21-14-10-19(11-15-21)25(2,3)4)26-35(31,33-22-8-6-5-7-9-22)34-23-16-12-20(13-17-23)27(29)30/h5-9,12-13,16-19,21H,10-11,14-15H2,1-4H3,(H,26,31)/t18-,19-,21-,35?/m0/s1. The first-order valence-corrected chi connectivity index (χ1v) is 13.3. The predicted octanol–water partition coefficient (Wildman–Crippen LogP) is 6.29. The zero-order valence-corrected chi connectivity index (χ0v) is 21.4. The molecular formula is C25H33N2O7P. The fourth-order valence-electron chi connectivity index (χ4n) is 4.06. The Morgan fingerprint density at radius 2 is 1.54 bits per heavy atom. The van der Waals surface area contributed by atoms with Crippen molar-refractivity contribution in [2.75, 3.05) is 0 Å². The number of carbonyl (C=O) groups excluding carboxylic acids is 1. The Morgan fingerprint density at radius 3 is 2.06 bits per heavy atom. The van der Waals surface area contributed by atoms with E-state index in [1.54, 1.807) is 30.3 Å². The molecule has 10 heteroatoms. The Balaban J connectivity index is 1.67. The lowest BCUT2D eigenvalue weighted by molar-refractivity contribution is -0.384. The quantitative estimate of drug-likeness (QED) is 0.183. The predicted molar refractivity (Wildman–Crippen MR) is 132 cm³/mol. The van der Waals surface area contributed by atoms with Gasteiger partial charge in [0.15, 0.2) is 0 Å². The third kappa shape index (κ3) is 7.80. The lowest BCUT2D eigenvalue weighted by atomic mass is 9.72. The molecule has 1 aliphatic carbocycles. The Hall–Kier alpha value is -2.90. The molecule has 0 spiro atoms. The summed E-state index contributed by atoms with van der Waals surface area (Å²) in [6.45, 7) is 8.21. The largest absolute Gasteiger partial charge is 0.513 e. The third-order valence-electron chi connectivity index (χ3n) is 6.13. The first-order chi connectivity index (χ1) is 16.4. The van der Waals surface area contributed by atoms with Crippen LogP contribution >= 0.6 is 7.75 Å². The summed E-state index contributed by atoms with van der Waals surface area (Å²) in [4.78, 5) is 23.2. The number of nitrogens with zero attached hydrogens (tertiary/aromatic N) is 1. The number of carbonyl (C=O) groups is 1. The summed E-state index contributed by atoms with van der Waals surface area (Å²) in [5, 5.41) is 13.6. The fourth-order valence-corrected chi connectivity index (χ4v) is 5.58. The van der Waals surface area contributed by atoms with Crippen molar-refractivity contribution in [1.29, 1.82) is 0 Å². The van der Waals surface area contributed by atoms with Gasteiger partial charge in [-0.15, -0.1) is 0 Å². The van der Waals surface area contributed by atoms with Crippen molar-refractivity contribution in [2.45, 2.75) is 65.5 Å². The second kappa shape index (κ2) is 11.2. The summed E-state index contributed by atoms with van der Waals surface area (Å²) >= 11 is 0. The Bertz CT molecular complexity index is 1050. The third-order valence-corrected chi connectivity index (χ3v) is 7.73. The number of hydrogen-bond acceptors (Lipinski definition) is 7. The first kappa shape index (κ1) is 26.7. The minimum Gasteiger partial charge on any atom is -0.461 e. The van der Waals surface area contributed by atoms with Gasteiger partial charge in [0, 0.05) is 12.1 Å². The molecule has 0 aromatic heterocycles. The number of esters is 1. The molecule has 2 atom stereocenters. The second-order valence-electron chi connectivity index (χ2n) is 9.87. The molecule has 0 amide bonds. The van der Waals surface area contributed by atoms with Gasteiger partial charge in [-0.1, -0.05) is 39.0 Å². The highest BCUT2D eigenvalue weighted by Crippen LogP contribution is 2.46. The van der Waals surface area contributed by atoms with Crippen LogP contribution < -0.4 is 14.1 Å². The van der Waals surface area contributed by atoms with Gasteiger partial charge < -0.3 is 13.8 Å². The number of nitrogens with one attached hydrogen (secondary N) is 1. The molecule has 2 aromatic rings. The van der Waals surface area contributed by atoms with Gasteiger partial charge in [0.05, 0.1) is 4.92 Å². The highest BCUT2D eigenvalue weighted by atomic mass is 31.2. The van der Waals surface area contributed by atoms with Gasteiger partial charge in [0.25, 0.3) is 5.69 Å². The van der Waals surface area contributed by atoms with Gasteiger partial charge >= 0.3 is 13.7 Å². The summed E-state index contributed by atoms with van der Waals surface area (Å²) in [5.41, 5.74) is 0.0859. The van der Waals surface area contributed by atoms with E-state index >= 15 is 0 Å². The maximum absolute atomic E-state index is 13.6.